The molecule has 1 heterocycles. The summed E-state index contributed by atoms with van der Waals surface area (Å²) >= 11 is 0. The number of carbonyl (C=O) groups is 6. The molecule has 2 N–H and O–H groups in total. The van der Waals surface area contributed by atoms with Crippen LogP contribution in [0.3, 0.4) is 0 Å². The van der Waals surface area contributed by atoms with E-state index < -0.39 is 59.5 Å². The van der Waals surface area contributed by atoms with Gasteiger partial charge in [-0.05, 0) is 156 Å². The van der Waals surface area contributed by atoms with Crippen LogP contribution in [-0.4, -0.2) is 35.8 Å². The number of hydrogen-bond acceptors (Lipinski definition) is 21. The Morgan fingerprint density at radius 2 is 0.510 bits per heavy atom. The molecule has 6 aromatic carbocycles. The molecule has 0 bridgehead atoms. The lowest BCUT2D eigenvalue weighted by atomic mass is 10.2. The van der Waals surface area contributed by atoms with Crippen molar-refractivity contribution in [3.63, 3.8) is 0 Å². The summed E-state index contributed by atoms with van der Waals surface area (Å²) < 4.78 is 85.5. The summed E-state index contributed by atoms with van der Waals surface area (Å²) in [6.07, 6.45) is 9.29. The van der Waals surface area contributed by atoms with Crippen LogP contribution in [0.25, 0.3) is 36.5 Å². The maximum atomic E-state index is 13.1. The number of ether oxygens (including phenoxy) is 6. The van der Waals surface area contributed by atoms with Gasteiger partial charge < -0.3 is 37.5 Å². The Hall–Kier alpha value is -11.2. The van der Waals surface area contributed by atoms with Crippen molar-refractivity contribution in [2.75, 3.05) is 0 Å². The number of nitrogens with one attached hydrogen (secondary N) is 2. The first-order chi connectivity index (χ1) is 48.2. The van der Waals surface area contributed by atoms with Crippen molar-refractivity contribution in [1.29, 1.82) is 0 Å². The third kappa shape index (κ3) is 22.4. The van der Waals surface area contributed by atoms with Gasteiger partial charge in [0.2, 0.25) is 0 Å². The quantitative estimate of drug-likeness (QED) is 0.0140. The summed E-state index contributed by atoms with van der Waals surface area (Å²) in [7, 11) is -14.6. The fourth-order valence-electron chi connectivity index (χ4n) is 8.64. The van der Waals surface area contributed by atoms with E-state index in [-0.39, 0.29) is 102 Å². The Morgan fingerprint density at radius 3 is 0.735 bits per heavy atom. The second-order valence-corrected chi connectivity index (χ2v) is 29.8. The molecule has 7 rings (SSSR count). The fraction of sp³-hybridized carbons (Fsp3) is 0.154. The van der Waals surface area contributed by atoms with E-state index in [0.29, 0.717) is 33.4 Å². The highest BCUT2D eigenvalue weighted by molar-refractivity contribution is 7.89. The number of esters is 6. The van der Waals surface area contributed by atoms with Crippen LogP contribution in [0.1, 0.15) is 116 Å². The first-order valence-corrected chi connectivity index (χ1v) is 36.1. The van der Waals surface area contributed by atoms with E-state index in [9.17, 15) is 28.8 Å². The van der Waals surface area contributed by atoms with E-state index in [0.717, 1.165) is 0 Å². The van der Waals surface area contributed by atoms with Crippen molar-refractivity contribution in [2.45, 2.75) is 83.1 Å². The molecule has 0 atom stereocenters. The second kappa shape index (κ2) is 35.2. The summed E-state index contributed by atoms with van der Waals surface area (Å²) in [4.78, 5) is 85.9. The third-order valence-corrected chi connectivity index (χ3v) is 22.1. The van der Waals surface area contributed by atoms with Gasteiger partial charge >= 0.3 is 59.5 Å². The van der Waals surface area contributed by atoms with Gasteiger partial charge in [-0.1, -0.05) is 149 Å². The Morgan fingerprint density at radius 1 is 0.314 bits per heavy atom. The first kappa shape index (κ1) is 78.2. The normalized spacial score (nSPS) is 17.0. The number of rotatable bonds is 30. The van der Waals surface area contributed by atoms with Gasteiger partial charge in [-0.3, -0.25) is 18.1 Å². The molecular weight excluding hydrogens is 1360 g/mol. The van der Waals surface area contributed by atoms with Crippen molar-refractivity contribution in [3.8, 4) is 34.5 Å². The highest BCUT2D eigenvalue weighted by atomic mass is 31.3. The minimum atomic E-state index is -4.91. The van der Waals surface area contributed by atoms with Crippen LogP contribution in [-0.2, 0) is 57.2 Å². The number of hydrogen-bond donors (Lipinski definition) is 2. The molecule has 24 heteroatoms. The molecule has 0 aliphatic carbocycles. The van der Waals surface area contributed by atoms with Crippen molar-refractivity contribution < 1.29 is 84.3 Å². The summed E-state index contributed by atoms with van der Waals surface area (Å²) in [5, 5.41) is 0. The van der Waals surface area contributed by atoms with Crippen LogP contribution in [0.5, 0.6) is 34.5 Å². The molecule has 528 valence electrons. The first-order valence-electron chi connectivity index (χ1n) is 31.3. The van der Waals surface area contributed by atoms with Gasteiger partial charge in [-0.15, -0.1) is 0 Å². The SMILES string of the molecule is C=C(C)C(=O)OC(C)=Cc1ccccc1OP1(Oc2ccccc2C=C(C)OC(=O)C(=C)C)=N[P+](Oc2ccccc2C=C(C)OC(=O)C(=C)C)(Oc2ccccc2C=C(C)OC(=O)C(=C)C)N[P+](Oc2ccccc2C=C(C)OC(=O)C(=C)C)(Oc2ccccc2C=C(C)OC(=O)C(=C)C)N1. The third-order valence-electron chi connectivity index (χ3n) is 13.4. The molecule has 0 unspecified atom stereocenters. The Bertz CT molecular complexity index is 4360. The van der Waals surface area contributed by atoms with Gasteiger partial charge in [0, 0.05) is 71.7 Å². The highest BCUT2D eigenvalue weighted by Gasteiger charge is 2.75. The van der Waals surface area contributed by atoms with E-state index in [1.807, 2.05) is 0 Å². The zero-order valence-corrected chi connectivity index (χ0v) is 61.4. The number of para-hydroxylation sites is 6. The molecule has 0 saturated heterocycles. The number of allylic oxidation sites excluding steroid dienone is 6. The van der Waals surface area contributed by atoms with Crippen LogP contribution in [0.15, 0.2) is 258 Å². The zero-order chi connectivity index (χ0) is 74.6. The van der Waals surface area contributed by atoms with Gasteiger partial charge in [0.1, 0.15) is 50.9 Å². The predicted molar refractivity (Wildman–Crippen MR) is 399 cm³/mol. The Kier molecular flexibility index (Phi) is 27.0. The van der Waals surface area contributed by atoms with Crippen molar-refractivity contribution in [3.05, 3.63) is 286 Å². The summed E-state index contributed by atoms with van der Waals surface area (Å²) in [5.41, 5.74) is 2.57. The molecule has 1 aliphatic heterocycles. The lowest BCUT2D eigenvalue weighted by Gasteiger charge is -2.35. The lowest BCUT2D eigenvalue weighted by Crippen LogP contribution is -2.41. The maximum Gasteiger partial charge on any atom is 0.617 e. The zero-order valence-electron chi connectivity index (χ0n) is 58.7. The topological polar surface area (TPSA) is 250 Å². The van der Waals surface area contributed by atoms with Crippen molar-refractivity contribution in [2.24, 2.45) is 4.52 Å². The van der Waals surface area contributed by atoms with E-state index >= 15 is 0 Å². The predicted octanol–water partition coefficient (Wildman–Crippen LogP) is 19.8. The lowest BCUT2D eigenvalue weighted by molar-refractivity contribution is -0.135. The summed E-state index contributed by atoms with van der Waals surface area (Å²) in [6, 6.07) is 40.1. The largest absolute Gasteiger partial charge is 0.617 e. The minimum Gasteiger partial charge on any atom is -0.428 e. The van der Waals surface area contributed by atoms with Gasteiger partial charge in [-0.2, -0.15) is 0 Å². The Balaban J connectivity index is 1.74. The number of carbonyl (C=O) groups excluding carboxylic acids is 6. The average Bonchev–Trinajstić information content (AvgIpc) is 0.725. The van der Waals surface area contributed by atoms with Crippen molar-refractivity contribution in [1.82, 2.24) is 9.72 Å². The molecule has 21 nitrogen and oxygen atoms in total. The van der Waals surface area contributed by atoms with Crippen LogP contribution in [0, 0.1) is 0 Å². The number of benzene rings is 6. The molecule has 0 aromatic heterocycles. The molecule has 0 fully saturated rings. The van der Waals surface area contributed by atoms with Crippen LogP contribution in [0.4, 0.5) is 0 Å². The molecule has 0 radical (unpaired) electrons. The summed E-state index contributed by atoms with van der Waals surface area (Å²) in [5.74, 6) is -3.33. The van der Waals surface area contributed by atoms with E-state index in [4.69, 9.17) is 60.1 Å². The maximum absolute atomic E-state index is 13.1. The molecule has 1 aliphatic rings. The second-order valence-electron chi connectivity index (χ2n) is 23.2. The minimum absolute atomic E-state index is 0.0265. The van der Waals surface area contributed by atoms with E-state index in [1.54, 1.807) is 224 Å². The van der Waals surface area contributed by atoms with Crippen LogP contribution >= 0.6 is 23.7 Å². The van der Waals surface area contributed by atoms with Gasteiger partial charge in [-0.25, -0.2) is 28.8 Å². The Labute approximate surface area is 595 Å². The highest BCUT2D eigenvalue weighted by Crippen LogP contribution is 2.80. The molecular formula is C78H80N3O18P3+2. The summed E-state index contributed by atoms with van der Waals surface area (Å²) in [6.45, 7) is 41.0. The van der Waals surface area contributed by atoms with Gasteiger partial charge in [0.05, 0.1) is 4.52 Å². The van der Waals surface area contributed by atoms with Crippen LogP contribution < -0.4 is 36.9 Å². The monoisotopic (exact) mass is 1440 g/mol. The van der Waals surface area contributed by atoms with E-state index in [2.05, 4.69) is 49.2 Å². The van der Waals surface area contributed by atoms with Crippen molar-refractivity contribution >= 4 is 96.0 Å². The average molecular weight is 1440 g/mol. The molecule has 0 amide bonds. The standard InChI is InChI=1S/C78H80N3O18P3/c1-49(2)73(82)88-55(13)43-61-31-19-25-37-67(61)94-100(95-68-38-26-20-32-62(68)44-56(14)89-74(83)50(3)4)79-101(96-69-39-27-21-33-63(69)45-57(15)90-75(84)51(5)6,97-70-40-28-22-34-64(70)46-58(16)91-76(85)52(7)8)81-102(80-100,98-71-41-29-23-35-65(71)47-59(17)92-77(86)53(9)10)99-72-42-30-24-36-66(72)48-60(18)93-78(87)54(11)12/h19-48,79-80H,1,3,5,7,9,11H2,2,4,6,8,10,12-18H3/q+2. The molecule has 0 saturated carbocycles. The molecule has 102 heavy (non-hydrogen) atoms. The molecule has 0 spiro atoms. The fourth-order valence-corrected chi connectivity index (χ4v) is 18.8. The molecule has 6 aromatic rings. The smallest absolute Gasteiger partial charge is 0.428 e. The number of nitrogens with zero attached hydrogens (tertiary/aromatic N) is 1. The van der Waals surface area contributed by atoms with Crippen LogP contribution in [0.2, 0.25) is 0 Å². The van der Waals surface area contributed by atoms with E-state index in [1.165, 1.54) is 41.5 Å². The van der Waals surface area contributed by atoms with Gasteiger partial charge in [0.25, 0.3) is 0 Å². The van der Waals surface area contributed by atoms with Gasteiger partial charge in [0.15, 0.2) is 23.0 Å².